The van der Waals surface area contributed by atoms with Crippen molar-refractivity contribution in [3.63, 3.8) is 0 Å². The van der Waals surface area contributed by atoms with E-state index in [1.807, 2.05) is 0 Å². The second kappa shape index (κ2) is 28.1. The summed E-state index contributed by atoms with van der Waals surface area (Å²) in [4.78, 5) is 0. The number of unbranched alkanes of at least 4 members (excludes halogenated alkanes) is 9. The van der Waals surface area contributed by atoms with Crippen LogP contribution in [0, 0.1) is 12.0 Å². The summed E-state index contributed by atoms with van der Waals surface area (Å²) in [5.41, 5.74) is 11.2. The minimum Gasteiger partial charge on any atom is -1.00 e. The Bertz CT molecular complexity index is 793. The second-order valence-corrected chi connectivity index (χ2v) is 11.3. The van der Waals surface area contributed by atoms with Crippen molar-refractivity contribution >= 4 is 19.9 Å². The molecule has 1 aliphatic carbocycles. The van der Waals surface area contributed by atoms with Crippen LogP contribution in [0.2, 0.25) is 0 Å². The predicted molar refractivity (Wildman–Crippen MR) is 160 cm³/mol. The number of allylic oxidation sites excluding steroid dienone is 4. The SMILES string of the molecule is CC1=[C-]C(C)C(C)=C1C.CCCCCCCCCCCC[NH-].[Cl-].[Cl-].[Zr+4].c1ccc([SiH]c2ccccc2)cc1. The van der Waals surface area contributed by atoms with E-state index in [2.05, 4.69) is 101 Å². The zero-order chi connectivity index (χ0) is 25.7. The molecule has 0 saturated heterocycles. The minimum absolute atomic E-state index is 0. The molecule has 1 N–H and O–H groups in total. The Labute approximate surface area is 269 Å². The molecule has 0 amide bonds. The van der Waals surface area contributed by atoms with Crippen molar-refractivity contribution in [1.82, 2.24) is 0 Å². The first-order valence-electron chi connectivity index (χ1n) is 13.9. The van der Waals surface area contributed by atoms with E-state index in [9.17, 15) is 0 Å². The van der Waals surface area contributed by atoms with Gasteiger partial charge in [0.1, 0.15) is 9.52 Å². The summed E-state index contributed by atoms with van der Waals surface area (Å²) in [7, 11) is 0.271. The van der Waals surface area contributed by atoms with Crippen LogP contribution in [-0.2, 0) is 26.2 Å². The van der Waals surface area contributed by atoms with E-state index in [1.165, 1.54) is 84.9 Å². The van der Waals surface area contributed by atoms with E-state index >= 15 is 0 Å². The number of benzene rings is 2. The number of rotatable bonds is 12. The van der Waals surface area contributed by atoms with Gasteiger partial charge in [0.2, 0.25) is 0 Å². The van der Waals surface area contributed by atoms with Crippen molar-refractivity contribution in [3.05, 3.63) is 89.2 Å². The van der Waals surface area contributed by atoms with Gasteiger partial charge >= 0.3 is 26.2 Å². The molecule has 0 saturated carbocycles. The number of hydrogen-bond acceptors (Lipinski definition) is 0. The molecule has 1 unspecified atom stereocenters. The average molecular weight is 651 g/mol. The van der Waals surface area contributed by atoms with Gasteiger partial charge in [0.15, 0.2) is 0 Å². The molecule has 1 atom stereocenters. The summed E-state index contributed by atoms with van der Waals surface area (Å²) in [6, 6.07) is 21.3. The van der Waals surface area contributed by atoms with Gasteiger partial charge in [-0.25, -0.2) is 5.57 Å². The number of halogens is 2. The van der Waals surface area contributed by atoms with Crippen molar-refractivity contribution in [2.45, 2.75) is 98.8 Å². The molecule has 0 aliphatic heterocycles. The van der Waals surface area contributed by atoms with Crippen molar-refractivity contribution in [2.75, 3.05) is 6.54 Å². The van der Waals surface area contributed by atoms with Gasteiger partial charge in [-0.2, -0.15) is 17.7 Å². The Morgan fingerprint density at radius 3 is 1.37 bits per heavy atom. The number of hydrogen-bond donors (Lipinski definition) is 0. The zero-order valence-corrected chi connectivity index (χ0v) is 29.6. The van der Waals surface area contributed by atoms with Gasteiger partial charge in [-0.05, 0) is 0 Å². The molecule has 1 nitrogen and oxygen atoms in total. The van der Waals surface area contributed by atoms with Crippen LogP contribution in [0.3, 0.4) is 0 Å². The van der Waals surface area contributed by atoms with Gasteiger partial charge in [0.25, 0.3) is 0 Å². The Kier molecular flexibility index (Phi) is 31.1. The molecule has 1 radical (unpaired) electrons. The summed E-state index contributed by atoms with van der Waals surface area (Å²) in [6.45, 7) is 11.6. The molecular formula is C33H50Cl2NSiZr. The van der Waals surface area contributed by atoms with Crippen molar-refractivity contribution in [2.24, 2.45) is 5.92 Å². The van der Waals surface area contributed by atoms with Gasteiger partial charge in [-0.3, -0.25) is 6.08 Å². The fraction of sp³-hybridized carbons (Fsp3) is 0.515. The van der Waals surface area contributed by atoms with Crippen LogP contribution >= 0.6 is 0 Å². The summed E-state index contributed by atoms with van der Waals surface area (Å²) < 4.78 is 0. The number of nitrogens with one attached hydrogen (secondary N) is 1. The normalized spacial score (nSPS) is 13.4. The molecule has 2 aromatic rings. The molecule has 0 bridgehead atoms. The molecule has 0 aromatic heterocycles. The van der Waals surface area contributed by atoms with Crippen LogP contribution < -0.4 is 35.2 Å². The summed E-state index contributed by atoms with van der Waals surface area (Å²) in [5.74, 6) is 0.560. The standard InChI is InChI=1S/C12H26N.C12H11Si.C9H13.2ClH.Zr/c1-2-3-4-5-6-7-8-9-10-11-12-13;1-3-7-11(8-4-1)13-12-9-5-2-6-10-12;1-6-5-7(2)9(4)8(6)3;;;/h13H,2-12H2,1H3;1-10,13H;6H,1-4H3;2*1H;/q-1;;-1;;;+4/p-2. The fourth-order valence-corrected chi connectivity index (χ4v) is 5.28. The van der Waals surface area contributed by atoms with Crippen LogP contribution in [0.4, 0.5) is 0 Å². The molecule has 2 aromatic carbocycles. The molecule has 0 spiro atoms. The second-order valence-electron chi connectivity index (χ2n) is 9.70. The quantitative estimate of drug-likeness (QED) is 0.192. The Hall–Kier alpha value is -0.440. The van der Waals surface area contributed by atoms with Crippen LogP contribution in [-0.4, -0.2) is 16.1 Å². The van der Waals surface area contributed by atoms with Gasteiger partial charge in [-0.15, -0.1) is 6.92 Å². The van der Waals surface area contributed by atoms with Crippen LogP contribution in [0.25, 0.3) is 5.73 Å². The first kappa shape index (κ1) is 42.0. The first-order valence-corrected chi connectivity index (χ1v) is 15.0. The maximum absolute atomic E-state index is 7.00. The summed E-state index contributed by atoms with van der Waals surface area (Å²) >= 11 is 0. The smallest absolute Gasteiger partial charge is 1.00 e. The molecular weight excluding hydrogens is 601 g/mol. The Morgan fingerprint density at radius 2 is 1.08 bits per heavy atom. The van der Waals surface area contributed by atoms with Gasteiger partial charge in [-0.1, -0.05) is 169 Å². The van der Waals surface area contributed by atoms with E-state index in [0.717, 1.165) is 6.42 Å². The van der Waals surface area contributed by atoms with Crippen LogP contribution in [0.5, 0.6) is 0 Å². The van der Waals surface area contributed by atoms with E-state index < -0.39 is 0 Å². The zero-order valence-electron chi connectivity index (χ0n) is 24.5. The molecule has 38 heavy (non-hydrogen) atoms. The Balaban J connectivity index is -0.000000473. The maximum atomic E-state index is 7.00. The van der Waals surface area contributed by atoms with Crippen molar-refractivity contribution in [1.29, 1.82) is 0 Å². The Morgan fingerprint density at radius 1 is 0.684 bits per heavy atom. The average Bonchev–Trinajstić information content (AvgIpc) is 3.10. The van der Waals surface area contributed by atoms with Crippen LogP contribution in [0.15, 0.2) is 77.4 Å². The summed E-state index contributed by atoms with van der Waals surface area (Å²) in [5, 5.41) is 2.90. The topological polar surface area (TPSA) is 23.8 Å². The largest absolute Gasteiger partial charge is 4.00 e. The van der Waals surface area contributed by atoms with E-state index in [4.69, 9.17) is 5.73 Å². The molecule has 5 heteroatoms. The molecule has 0 fully saturated rings. The van der Waals surface area contributed by atoms with E-state index in [1.54, 1.807) is 0 Å². The molecule has 0 heterocycles. The van der Waals surface area contributed by atoms with Crippen molar-refractivity contribution < 1.29 is 51.0 Å². The van der Waals surface area contributed by atoms with E-state index in [-0.39, 0.29) is 60.5 Å². The van der Waals surface area contributed by atoms with Gasteiger partial charge in [0.05, 0.1) is 0 Å². The third-order valence-corrected chi connectivity index (χ3v) is 8.14. The van der Waals surface area contributed by atoms with Crippen LogP contribution in [0.1, 0.15) is 98.8 Å². The van der Waals surface area contributed by atoms with Gasteiger partial charge < -0.3 is 30.5 Å². The van der Waals surface area contributed by atoms with Crippen molar-refractivity contribution in [3.8, 4) is 0 Å². The summed E-state index contributed by atoms with van der Waals surface area (Å²) in [6.07, 6.45) is 17.0. The monoisotopic (exact) mass is 648 g/mol. The third kappa shape index (κ3) is 20.5. The van der Waals surface area contributed by atoms with E-state index in [0.29, 0.717) is 12.5 Å². The first-order chi connectivity index (χ1) is 17.0. The predicted octanol–water partition coefficient (Wildman–Crippen LogP) is 2.76. The third-order valence-electron chi connectivity index (χ3n) is 6.70. The maximum Gasteiger partial charge on any atom is 4.00 e. The molecule has 1 aliphatic rings. The molecule has 209 valence electrons. The van der Waals surface area contributed by atoms with Gasteiger partial charge in [0, 0.05) is 0 Å². The fourth-order valence-electron chi connectivity index (χ4n) is 4.07. The molecule has 3 rings (SSSR count). The minimum atomic E-state index is 0.